The van der Waals surface area contributed by atoms with E-state index in [1.807, 2.05) is 6.07 Å². The maximum Gasteiger partial charge on any atom is 0.320 e. The van der Waals surface area contributed by atoms with Crippen LogP contribution in [0.4, 0.5) is 5.82 Å². The summed E-state index contributed by atoms with van der Waals surface area (Å²) in [4.78, 5) is 29.1. The van der Waals surface area contributed by atoms with Crippen LogP contribution in [0.2, 0.25) is 0 Å². The number of nitrogens with zero attached hydrogens (tertiary/aromatic N) is 2. The molecule has 0 saturated carbocycles. The summed E-state index contributed by atoms with van der Waals surface area (Å²) < 4.78 is 5.30. The fourth-order valence-electron chi connectivity index (χ4n) is 2.42. The second kappa shape index (κ2) is 9.19. The fourth-order valence-corrected chi connectivity index (χ4v) is 2.42. The van der Waals surface area contributed by atoms with E-state index in [-0.39, 0.29) is 5.91 Å². The van der Waals surface area contributed by atoms with Crippen LogP contribution in [0.25, 0.3) is 0 Å². The first-order valence-corrected chi connectivity index (χ1v) is 8.13. The second-order valence-corrected chi connectivity index (χ2v) is 5.70. The monoisotopic (exact) mass is 336 g/mol. The molecule has 132 valence electrons. The molecule has 1 fully saturated rings. The number of carboxylic acid groups (broad SMARTS) is 1. The third-order valence-corrected chi connectivity index (χ3v) is 3.89. The number of aliphatic carboxylic acids is 1. The number of hydrogen-bond acceptors (Lipinski definition) is 6. The smallest absolute Gasteiger partial charge is 0.320 e. The van der Waals surface area contributed by atoms with E-state index < -0.39 is 12.0 Å². The number of aromatic nitrogens is 1. The van der Waals surface area contributed by atoms with Crippen LogP contribution in [0.15, 0.2) is 18.3 Å². The molecule has 1 amide bonds. The highest BCUT2D eigenvalue weighted by Gasteiger charge is 2.13. The summed E-state index contributed by atoms with van der Waals surface area (Å²) >= 11 is 0. The minimum absolute atomic E-state index is 0.182. The van der Waals surface area contributed by atoms with E-state index in [0.29, 0.717) is 44.6 Å². The third-order valence-electron chi connectivity index (χ3n) is 3.89. The third kappa shape index (κ3) is 5.47. The van der Waals surface area contributed by atoms with E-state index in [9.17, 15) is 9.59 Å². The minimum Gasteiger partial charge on any atom is -0.480 e. The van der Waals surface area contributed by atoms with Crippen molar-refractivity contribution in [3.63, 3.8) is 0 Å². The van der Waals surface area contributed by atoms with Crippen molar-refractivity contribution in [1.82, 2.24) is 10.3 Å². The Hall–Kier alpha value is -2.19. The number of carboxylic acids is 1. The van der Waals surface area contributed by atoms with E-state index in [1.165, 1.54) is 0 Å². The van der Waals surface area contributed by atoms with Gasteiger partial charge in [0.05, 0.1) is 18.8 Å². The maximum atomic E-state index is 12.0. The number of morpholine rings is 1. The topological polar surface area (TPSA) is 118 Å². The SMILES string of the molecule is NC(CCCCNC(=O)c1ccc(N2CCOCC2)nc1)C(=O)O. The largest absolute Gasteiger partial charge is 0.480 e. The van der Waals surface area contributed by atoms with Crippen LogP contribution in [0.5, 0.6) is 0 Å². The molecule has 0 radical (unpaired) electrons. The van der Waals surface area contributed by atoms with Gasteiger partial charge in [-0.25, -0.2) is 4.98 Å². The highest BCUT2D eigenvalue weighted by molar-refractivity contribution is 5.94. The molecule has 1 aliphatic heterocycles. The molecule has 2 heterocycles. The summed E-state index contributed by atoms with van der Waals surface area (Å²) in [7, 11) is 0. The highest BCUT2D eigenvalue weighted by atomic mass is 16.5. The van der Waals surface area contributed by atoms with E-state index in [1.54, 1.807) is 12.3 Å². The van der Waals surface area contributed by atoms with Crippen LogP contribution in [0.3, 0.4) is 0 Å². The average molecular weight is 336 g/mol. The van der Waals surface area contributed by atoms with Crippen LogP contribution >= 0.6 is 0 Å². The first-order chi connectivity index (χ1) is 11.6. The first kappa shape index (κ1) is 18.2. The standard InChI is InChI=1S/C16H24N4O4/c17-13(16(22)23)3-1-2-6-18-15(21)12-4-5-14(19-11-12)20-7-9-24-10-8-20/h4-5,11,13H,1-3,6-10,17H2,(H,18,21)(H,22,23). The number of nitrogens with two attached hydrogens (primary N) is 1. The van der Waals surface area contributed by atoms with E-state index in [2.05, 4.69) is 15.2 Å². The molecule has 1 unspecified atom stereocenters. The molecule has 1 aromatic heterocycles. The number of pyridine rings is 1. The number of amides is 1. The maximum absolute atomic E-state index is 12.0. The van der Waals surface area contributed by atoms with Gasteiger partial charge in [-0.1, -0.05) is 0 Å². The van der Waals surface area contributed by atoms with Gasteiger partial charge in [0.15, 0.2) is 0 Å². The summed E-state index contributed by atoms with van der Waals surface area (Å²) in [6.45, 7) is 3.47. The zero-order valence-electron chi connectivity index (χ0n) is 13.6. The lowest BCUT2D eigenvalue weighted by Crippen LogP contribution is -2.36. The van der Waals surface area contributed by atoms with Gasteiger partial charge in [0.1, 0.15) is 11.9 Å². The van der Waals surface area contributed by atoms with Crippen LogP contribution in [0, 0.1) is 0 Å². The molecule has 1 saturated heterocycles. The van der Waals surface area contributed by atoms with Gasteiger partial charge in [0.2, 0.25) is 0 Å². The molecule has 24 heavy (non-hydrogen) atoms. The molecule has 1 atom stereocenters. The van der Waals surface area contributed by atoms with Crippen molar-refractivity contribution >= 4 is 17.7 Å². The van der Waals surface area contributed by atoms with Gasteiger partial charge in [0.25, 0.3) is 5.91 Å². The van der Waals surface area contributed by atoms with Gasteiger partial charge >= 0.3 is 5.97 Å². The number of carbonyl (C=O) groups is 2. The Kier molecular flexibility index (Phi) is 6.95. The Balaban J connectivity index is 1.71. The Morgan fingerprint density at radius 2 is 2.08 bits per heavy atom. The number of ether oxygens (including phenoxy) is 1. The Morgan fingerprint density at radius 3 is 2.71 bits per heavy atom. The minimum atomic E-state index is -0.995. The number of unbranched alkanes of at least 4 members (excludes halogenated alkanes) is 1. The molecule has 2 rings (SSSR count). The lowest BCUT2D eigenvalue weighted by atomic mass is 10.1. The molecule has 8 heteroatoms. The predicted molar refractivity (Wildman–Crippen MR) is 89.1 cm³/mol. The summed E-state index contributed by atoms with van der Waals surface area (Å²) in [6.07, 6.45) is 3.31. The molecule has 0 spiro atoms. The number of anilines is 1. The molecule has 0 aromatic carbocycles. The normalized spacial score (nSPS) is 15.8. The van der Waals surface area contributed by atoms with Crippen molar-refractivity contribution in [2.24, 2.45) is 5.73 Å². The van der Waals surface area contributed by atoms with E-state index in [0.717, 1.165) is 18.9 Å². The van der Waals surface area contributed by atoms with Crippen LogP contribution in [-0.2, 0) is 9.53 Å². The number of rotatable bonds is 8. The van der Waals surface area contributed by atoms with Crippen molar-refractivity contribution in [2.45, 2.75) is 25.3 Å². The van der Waals surface area contributed by atoms with Crippen molar-refractivity contribution in [2.75, 3.05) is 37.7 Å². The molecule has 0 bridgehead atoms. The van der Waals surface area contributed by atoms with Gasteiger partial charge in [-0.05, 0) is 31.4 Å². The number of carbonyl (C=O) groups excluding carboxylic acids is 1. The summed E-state index contributed by atoms with van der Waals surface area (Å²) in [5.74, 6) is -0.332. The zero-order valence-corrected chi connectivity index (χ0v) is 13.6. The highest BCUT2D eigenvalue weighted by Crippen LogP contribution is 2.13. The van der Waals surface area contributed by atoms with Gasteiger partial charge in [-0.15, -0.1) is 0 Å². The van der Waals surface area contributed by atoms with Crippen molar-refractivity contribution < 1.29 is 19.4 Å². The quantitative estimate of drug-likeness (QED) is 0.582. The summed E-state index contributed by atoms with van der Waals surface area (Å²) in [5.41, 5.74) is 5.93. The van der Waals surface area contributed by atoms with Crippen molar-refractivity contribution in [3.05, 3.63) is 23.9 Å². The lowest BCUT2D eigenvalue weighted by Gasteiger charge is -2.27. The van der Waals surface area contributed by atoms with Crippen molar-refractivity contribution in [3.8, 4) is 0 Å². The molecular formula is C16H24N4O4. The molecule has 8 nitrogen and oxygen atoms in total. The molecular weight excluding hydrogens is 312 g/mol. The molecule has 1 aromatic rings. The van der Waals surface area contributed by atoms with Gasteiger partial charge in [-0.2, -0.15) is 0 Å². The molecule has 4 N–H and O–H groups in total. The second-order valence-electron chi connectivity index (χ2n) is 5.70. The van der Waals surface area contributed by atoms with Crippen LogP contribution in [-0.4, -0.2) is 60.9 Å². The number of nitrogens with one attached hydrogen (secondary N) is 1. The number of hydrogen-bond donors (Lipinski definition) is 3. The van der Waals surface area contributed by atoms with Gasteiger partial charge < -0.3 is 25.8 Å². The Labute approximate surface area is 141 Å². The Bertz CT molecular complexity index is 544. The predicted octanol–water partition coefficient (Wildman–Crippen LogP) is 0.230. The average Bonchev–Trinajstić information content (AvgIpc) is 2.62. The lowest BCUT2D eigenvalue weighted by molar-refractivity contribution is -0.138. The van der Waals surface area contributed by atoms with Gasteiger partial charge in [-0.3, -0.25) is 9.59 Å². The van der Waals surface area contributed by atoms with Crippen molar-refractivity contribution in [1.29, 1.82) is 0 Å². The Morgan fingerprint density at radius 1 is 1.33 bits per heavy atom. The molecule has 1 aliphatic rings. The molecule has 0 aliphatic carbocycles. The zero-order chi connectivity index (χ0) is 17.4. The van der Waals surface area contributed by atoms with E-state index >= 15 is 0 Å². The fraction of sp³-hybridized carbons (Fsp3) is 0.562. The van der Waals surface area contributed by atoms with Gasteiger partial charge in [0, 0.05) is 25.8 Å². The summed E-state index contributed by atoms with van der Waals surface area (Å²) in [6, 6.07) is 2.76. The first-order valence-electron chi connectivity index (χ1n) is 8.13. The summed E-state index contributed by atoms with van der Waals surface area (Å²) in [5, 5.41) is 11.5. The van der Waals surface area contributed by atoms with Crippen LogP contribution < -0.4 is 16.0 Å². The van der Waals surface area contributed by atoms with E-state index in [4.69, 9.17) is 15.6 Å². The van der Waals surface area contributed by atoms with Crippen LogP contribution in [0.1, 0.15) is 29.6 Å².